The van der Waals surface area contributed by atoms with Crippen molar-refractivity contribution in [1.82, 2.24) is 4.90 Å². The minimum Gasteiger partial charge on any atom is -0.497 e. The van der Waals surface area contributed by atoms with Gasteiger partial charge in [-0.1, -0.05) is 5.16 Å². The van der Waals surface area contributed by atoms with Crippen molar-refractivity contribution in [3.63, 3.8) is 0 Å². The molecule has 28 heavy (non-hydrogen) atoms. The lowest BCUT2D eigenvalue weighted by Gasteiger charge is -2.36. The highest BCUT2D eigenvalue weighted by Crippen LogP contribution is 2.50. The Morgan fingerprint density at radius 3 is 2.68 bits per heavy atom. The van der Waals surface area contributed by atoms with Crippen LogP contribution in [-0.2, 0) is 6.42 Å². The third kappa shape index (κ3) is 3.11. The van der Waals surface area contributed by atoms with Crippen molar-refractivity contribution in [2.75, 3.05) is 34.6 Å². The Morgan fingerprint density at radius 2 is 2.00 bits per heavy atom. The number of nitrogens with zero attached hydrogens (tertiary/aromatic N) is 2. The van der Waals surface area contributed by atoms with Crippen LogP contribution in [0.4, 0.5) is 0 Å². The standard InChI is InChI=1S/C21H24N2O5/c1-23-9-8-14-10-18-20(28-12-27-18)21(26-3)19(14)17(23)11-16(22-24)13-4-6-15(25-2)7-5-13/h4-7,10,17,24H,8-9,11-12H2,1-3H3. The molecular weight excluding hydrogens is 360 g/mol. The normalized spacial score (nSPS) is 18.7. The second-order valence-corrected chi connectivity index (χ2v) is 6.94. The lowest BCUT2D eigenvalue weighted by Crippen LogP contribution is -2.34. The van der Waals surface area contributed by atoms with Gasteiger partial charge < -0.3 is 24.2 Å². The molecule has 1 N–H and O–H groups in total. The third-order valence-electron chi connectivity index (χ3n) is 5.48. The first kappa shape index (κ1) is 18.4. The van der Waals surface area contributed by atoms with Crippen molar-refractivity contribution in [1.29, 1.82) is 0 Å². The zero-order valence-electron chi connectivity index (χ0n) is 16.3. The van der Waals surface area contributed by atoms with Crippen LogP contribution < -0.4 is 18.9 Å². The fourth-order valence-electron chi connectivity index (χ4n) is 3.97. The van der Waals surface area contributed by atoms with Gasteiger partial charge in [0.25, 0.3) is 0 Å². The molecule has 7 nitrogen and oxygen atoms in total. The largest absolute Gasteiger partial charge is 0.497 e. The molecule has 0 amide bonds. The van der Waals surface area contributed by atoms with Crippen molar-refractivity contribution in [2.24, 2.45) is 5.16 Å². The first-order chi connectivity index (χ1) is 13.7. The van der Waals surface area contributed by atoms with E-state index in [0.717, 1.165) is 35.6 Å². The van der Waals surface area contributed by atoms with Gasteiger partial charge in [0.2, 0.25) is 12.5 Å². The van der Waals surface area contributed by atoms with Crippen LogP contribution in [0.2, 0.25) is 0 Å². The first-order valence-electron chi connectivity index (χ1n) is 9.21. The monoisotopic (exact) mass is 384 g/mol. The molecule has 0 aromatic heterocycles. The Bertz CT molecular complexity index is 895. The second kappa shape index (κ2) is 7.59. The summed E-state index contributed by atoms with van der Waals surface area (Å²) in [5.41, 5.74) is 3.70. The van der Waals surface area contributed by atoms with E-state index in [1.54, 1.807) is 14.2 Å². The highest BCUT2D eigenvalue weighted by atomic mass is 16.7. The average Bonchev–Trinajstić information content (AvgIpc) is 3.20. The third-order valence-corrected chi connectivity index (χ3v) is 5.48. The summed E-state index contributed by atoms with van der Waals surface area (Å²) < 4.78 is 22.2. The predicted molar refractivity (Wildman–Crippen MR) is 104 cm³/mol. The number of methoxy groups -OCH3 is 2. The van der Waals surface area contributed by atoms with Crippen LogP contribution >= 0.6 is 0 Å². The molecule has 2 aromatic rings. The fourth-order valence-corrected chi connectivity index (χ4v) is 3.97. The van der Waals surface area contributed by atoms with E-state index in [1.165, 1.54) is 5.56 Å². The quantitative estimate of drug-likeness (QED) is 0.485. The van der Waals surface area contributed by atoms with Crippen LogP contribution in [0.25, 0.3) is 0 Å². The highest BCUT2D eigenvalue weighted by Gasteiger charge is 2.34. The van der Waals surface area contributed by atoms with Gasteiger partial charge in [-0.2, -0.15) is 0 Å². The summed E-state index contributed by atoms with van der Waals surface area (Å²) in [5.74, 6) is 2.84. The smallest absolute Gasteiger partial charge is 0.231 e. The van der Waals surface area contributed by atoms with Gasteiger partial charge in [-0.05, 0) is 54.9 Å². The lowest BCUT2D eigenvalue weighted by atomic mass is 9.87. The Kier molecular flexibility index (Phi) is 5.00. The SMILES string of the molecule is COc1ccc(C(CC2c3c(cc4c(c3OC)OCO4)CCN2C)=NO)cc1. The van der Waals surface area contributed by atoms with Crippen LogP contribution in [0.1, 0.15) is 29.2 Å². The maximum absolute atomic E-state index is 9.71. The van der Waals surface area contributed by atoms with Gasteiger partial charge in [-0.15, -0.1) is 0 Å². The van der Waals surface area contributed by atoms with Crippen LogP contribution in [0.15, 0.2) is 35.5 Å². The van der Waals surface area contributed by atoms with Gasteiger partial charge in [0.05, 0.1) is 19.9 Å². The molecule has 1 unspecified atom stereocenters. The molecule has 0 fully saturated rings. The van der Waals surface area contributed by atoms with Crippen LogP contribution in [0.3, 0.4) is 0 Å². The second-order valence-electron chi connectivity index (χ2n) is 6.94. The van der Waals surface area contributed by atoms with Crippen molar-refractivity contribution < 1.29 is 24.2 Å². The summed E-state index contributed by atoms with van der Waals surface area (Å²) in [6.45, 7) is 1.09. The molecule has 0 aliphatic carbocycles. The molecule has 148 valence electrons. The number of benzene rings is 2. The molecule has 2 aliphatic rings. The fraction of sp³-hybridized carbons (Fsp3) is 0.381. The molecule has 0 saturated carbocycles. The van der Waals surface area contributed by atoms with Gasteiger partial charge in [-0.25, -0.2) is 0 Å². The van der Waals surface area contributed by atoms with Crippen LogP contribution in [-0.4, -0.2) is 50.4 Å². The first-order valence-corrected chi connectivity index (χ1v) is 9.21. The van der Waals surface area contributed by atoms with E-state index >= 15 is 0 Å². The highest BCUT2D eigenvalue weighted by molar-refractivity contribution is 6.00. The molecule has 7 heteroatoms. The van der Waals surface area contributed by atoms with E-state index in [1.807, 2.05) is 30.3 Å². The van der Waals surface area contributed by atoms with Crippen LogP contribution in [0, 0.1) is 0 Å². The Hall–Kier alpha value is -2.93. The molecule has 0 saturated heterocycles. The Morgan fingerprint density at radius 1 is 1.21 bits per heavy atom. The molecule has 4 rings (SSSR count). The van der Waals surface area contributed by atoms with Gasteiger partial charge in [0.15, 0.2) is 11.5 Å². The average molecular weight is 384 g/mol. The summed E-state index contributed by atoms with van der Waals surface area (Å²) >= 11 is 0. The molecular formula is C21H24N2O5. The maximum atomic E-state index is 9.71. The molecule has 1 atom stereocenters. The van der Waals surface area contributed by atoms with E-state index in [4.69, 9.17) is 18.9 Å². The number of oxime groups is 1. The number of ether oxygens (including phenoxy) is 4. The molecule has 2 heterocycles. The molecule has 0 bridgehead atoms. The topological polar surface area (TPSA) is 72.8 Å². The molecule has 0 radical (unpaired) electrons. The number of fused-ring (bicyclic) bond motifs is 2. The number of hydrogen-bond acceptors (Lipinski definition) is 7. The minimum atomic E-state index is -0.0128. The number of hydrogen-bond donors (Lipinski definition) is 1. The maximum Gasteiger partial charge on any atom is 0.231 e. The van der Waals surface area contributed by atoms with Crippen molar-refractivity contribution >= 4 is 5.71 Å². The van der Waals surface area contributed by atoms with Crippen molar-refractivity contribution in [3.8, 4) is 23.0 Å². The van der Waals surface area contributed by atoms with Crippen molar-refractivity contribution in [2.45, 2.75) is 18.9 Å². The van der Waals surface area contributed by atoms with Gasteiger partial charge in [0, 0.05) is 24.6 Å². The Balaban J connectivity index is 1.72. The zero-order valence-corrected chi connectivity index (χ0v) is 16.3. The molecule has 2 aromatic carbocycles. The Labute approximate surface area is 164 Å². The summed E-state index contributed by atoms with van der Waals surface area (Å²) in [6, 6.07) is 9.54. The summed E-state index contributed by atoms with van der Waals surface area (Å²) in [7, 11) is 5.34. The van der Waals surface area contributed by atoms with Crippen molar-refractivity contribution in [3.05, 3.63) is 47.0 Å². The van der Waals surface area contributed by atoms with E-state index in [2.05, 4.69) is 17.1 Å². The summed E-state index contributed by atoms with van der Waals surface area (Å²) in [5, 5.41) is 13.3. The number of likely N-dealkylation sites (N-methyl/N-ethyl adjacent to an activating group) is 1. The predicted octanol–water partition coefficient (Wildman–Crippen LogP) is 3.23. The number of rotatable bonds is 5. The van der Waals surface area contributed by atoms with E-state index < -0.39 is 0 Å². The van der Waals surface area contributed by atoms with Gasteiger partial charge in [0.1, 0.15) is 5.75 Å². The van der Waals surface area contributed by atoms with E-state index in [0.29, 0.717) is 23.6 Å². The lowest BCUT2D eigenvalue weighted by molar-refractivity contribution is 0.170. The van der Waals surface area contributed by atoms with Gasteiger partial charge >= 0.3 is 0 Å². The van der Waals surface area contributed by atoms with E-state index in [9.17, 15) is 5.21 Å². The zero-order chi connectivity index (χ0) is 19.7. The van der Waals surface area contributed by atoms with Gasteiger partial charge in [-0.3, -0.25) is 4.90 Å². The molecule has 0 spiro atoms. The van der Waals surface area contributed by atoms with E-state index in [-0.39, 0.29) is 12.8 Å². The van der Waals surface area contributed by atoms with Crippen LogP contribution in [0.5, 0.6) is 23.0 Å². The summed E-state index contributed by atoms with van der Waals surface area (Å²) in [6.07, 6.45) is 1.42. The minimum absolute atomic E-state index is 0.0128. The summed E-state index contributed by atoms with van der Waals surface area (Å²) in [4.78, 5) is 2.25. The molecule has 2 aliphatic heterocycles.